The van der Waals surface area contributed by atoms with Crippen molar-refractivity contribution in [3.8, 4) is 0 Å². The van der Waals surface area contributed by atoms with E-state index in [2.05, 4.69) is 0 Å². The summed E-state index contributed by atoms with van der Waals surface area (Å²) in [6.07, 6.45) is 6.49. The smallest absolute Gasteiger partial charge is 0.0867 e. The summed E-state index contributed by atoms with van der Waals surface area (Å²) >= 11 is 0. The molecule has 78 valence electrons. The number of rotatable bonds is 1. The van der Waals surface area contributed by atoms with Gasteiger partial charge in [0.25, 0.3) is 0 Å². The summed E-state index contributed by atoms with van der Waals surface area (Å²) in [6.45, 7) is 0. The summed E-state index contributed by atoms with van der Waals surface area (Å²) in [5.41, 5.74) is 19.5. The molecule has 6 N–H and O–H groups in total. The van der Waals surface area contributed by atoms with E-state index in [0.717, 1.165) is 16.8 Å². The van der Waals surface area contributed by atoms with Gasteiger partial charge in [-0.2, -0.15) is 0 Å². The van der Waals surface area contributed by atoms with Crippen LogP contribution in [-0.4, -0.2) is 5.66 Å². The van der Waals surface area contributed by atoms with Crippen molar-refractivity contribution in [2.24, 2.45) is 11.5 Å². The van der Waals surface area contributed by atoms with Gasteiger partial charge >= 0.3 is 0 Å². The normalized spacial score (nSPS) is 18.7. The van der Waals surface area contributed by atoms with Crippen LogP contribution in [0.4, 0.5) is 5.69 Å². The molecule has 1 aliphatic rings. The molecule has 0 heterocycles. The van der Waals surface area contributed by atoms with Gasteiger partial charge in [-0.15, -0.1) is 0 Å². The van der Waals surface area contributed by atoms with Crippen LogP contribution in [0.5, 0.6) is 0 Å². The largest absolute Gasteiger partial charge is 0.399 e. The van der Waals surface area contributed by atoms with E-state index in [9.17, 15) is 0 Å². The Bertz CT molecular complexity index is 413. The molecule has 0 radical (unpaired) electrons. The van der Waals surface area contributed by atoms with Crippen LogP contribution in [0.1, 0.15) is 12.0 Å². The Labute approximate surface area is 89.3 Å². The molecule has 0 aromatic heterocycles. The molecule has 3 nitrogen and oxygen atoms in total. The molecule has 1 aliphatic carbocycles. The second-order valence-corrected chi connectivity index (χ2v) is 3.93. The molecule has 0 saturated carbocycles. The van der Waals surface area contributed by atoms with Gasteiger partial charge in [0, 0.05) is 12.1 Å². The van der Waals surface area contributed by atoms with Gasteiger partial charge in [-0.05, 0) is 29.3 Å². The Balaban J connectivity index is 2.24. The van der Waals surface area contributed by atoms with E-state index in [-0.39, 0.29) is 0 Å². The van der Waals surface area contributed by atoms with Gasteiger partial charge in [0.2, 0.25) is 0 Å². The second kappa shape index (κ2) is 3.53. The quantitative estimate of drug-likeness (QED) is 0.472. The van der Waals surface area contributed by atoms with Gasteiger partial charge < -0.3 is 17.2 Å². The lowest BCUT2D eigenvalue weighted by Gasteiger charge is -2.22. The number of allylic oxidation sites excluding steroid dienone is 2. The third kappa shape index (κ3) is 2.26. The van der Waals surface area contributed by atoms with Crippen LogP contribution in [0.15, 0.2) is 42.5 Å². The van der Waals surface area contributed by atoms with Gasteiger partial charge in [0.1, 0.15) is 0 Å². The summed E-state index contributed by atoms with van der Waals surface area (Å²) < 4.78 is 0. The molecule has 0 bridgehead atoms. The number of anilines is 1. The maximum Gasteiger partial charge on any atom is 0.0867 e. The van der Waals surface area contributed by atoms with Gasteiger partial charge in [-0.3, -0.25) is 0 Å². The molecule has 2 rings (SSSR count). The highest BCUT2D eigenvalue weighted by Gasteiger charge is 2.17. The number of benzene rings is 1. The maximum absolute atomic E-state index is 5.77. The Hall–Kier alpha value is -1.58. The number of hydrogen-bond donors (Lipinski definition) is 3. The molecule has 3 heteroatoms. The minimum absolute atomic E-state index is 0.656. The summed E-state index contributed by atoms with van der Waals surface area (Å²) in [7, 11) is 0. The first kappa shape index (κ1) is 9.96. The third-order valence-corrected chi connectivity index (χ3v) is 2.49. The first-order chi connectivity index (χ1) is 7.07. The highest BCUT2D eigenvalue weighted by Crippen LogP contribution is 2.23. The highest BCUT2D eigenvalue weighted by molar-refractivity contribution is 5.76. The topological polar surface area (TPSA) is 78.1 Å². The second-order valence-electron chi connectivity index (χ2n) is 3.93. The first-order valence-corrected chi connectivity index (χ1v) is 4.90. The Morgan fingerprint density at radius 2 is 1.73 bits per heavy atom. The van der Waals surface area contributed by atoms with Crippen LogP contribution >= 0.6 is 0 Å². The fourth-order valence-electron chi connectivity index (χ4n) is 1.56. The molecule has 0 aliphatic heterocycles. The lowest BCUT2D eigenvalue weighted by atomic mass is 9.94. The van der Waals surface area contributed by atoms with Crippen LogP contribution in [0.3, 0.4) is 0 Å². The van der Waals surface area contributed by atoms with E-state index in [0.29, 0.717) is 6.42 Å². The SMILES string of the molecule is Nc1ccc(C2=CCC(N)(N)C=C2)cc1. The molecule has 0 amide bonds. The zero-order valence-electron chi connectivity index (χ0n) is 8.48. The fourth-order valence-corrected chi connectivity index (χ4v) is 1.56. The Morgan fingerprint density at radius 1 is 1.07 bits per heavy atom. The van der Waals surface area contributed by atoms with E-state index >= 15 is 0 Å². The van der Waals surface area contributed by atoms with Crippen molar-refractivity contribution in [2.75, 3.05) is 5.73 Å². The summed E-state index contributed by atoms with van der Waals surface area (Å²) in [6, 6.07) is 7.75. The summed E-state index contributed by atoms with van der Waals surface area (Å²) in [4.78, 5) is 0. The molecular formula is C12H15N3. The van der Waals surface area contributed by atoms with Gasteiger partial charge in [0.05, 0.1) is 5.66 Å². The lowest BCUT2D eigenvalue weighted by molar-refractivity contribution is 0.559. The first-order valence-electron chi connectivity index (χ1n) is 4.90. The minimum atomic E-state index is -0.697. The minimum Gasteiger partial charge on any atom is -0.399 e. The highest BCUT2D eigenvalue weighted by atomic mass is 14.9. The van der Waals surface area contributed by atoms with Crippen LogP contribution in [0.25, 0.3) is 5.57 Å². The predicted octanol–water partition coefficient (Wildman–Crippen LogP) is 1.23. The standard InChI is InChI=1S/C12H15N3/c13-11-3-1-9(2-4-11)10-5-7-12(14,15)8-6-10/h1-7H,8,13-15H2. The van der Waals surface area contributed by atoms with Gasteiger partial charge in [-0.1, -0.05) is 24.3 Å². The zero-order chi connectivity index (χ0) is 10.9. The molecule has 0 atom stereocenters. The molecule has 1 aromatic rings. The maximum atomic E-state index is 5.77. The molecule has 1 aromatic carbocycles. The van der Waals surface area contributed by atoms with Crippen molar-refractivity contribution < 1.29 is 0 Å². The zero-order valence-corrected chi connectivity index (χ0v) is 8.48. The van der Waals surface area contributed by atoms with E-state index in [4.69, 9.17) is 17.2 Å². The van der Waals surface area contributed by atoms with E-state index < -0.39 is 5.66 Å². The van der Waals surface area contributed by atoms with Crippen molar-refractivity contribution in [3.05, 3.63) is 48.1 Å². The van der Waals surface area contributed by atoms with Crippen LogP contribution in [-0.2, 0) is 0 Å². The van der Waals surface area contributed by atoms with E-state index in [1.807, 2.05) is 42.5 Å². The molecular weight excluding hydrogens is 186 g/mol. The third-order valence-electron chi connectivity index (χ3n) is 2.49. The van der Waals surface area contributed by atoms with Crippen LogP contribution in [0, 0.1) is 0 Å². The molecule has 0 unspecified atom stereocenters. The molecule has 0 spiro atoms. The number of nitrogens with two attached hydrogens (primary N) is 3. The van der Waals surface area contributed by atoms with Crippen LogP contribution < -0.4 is 17.2 Å². The van der Waals surface area contributed by atoms with Crippen molar-refractivity contribution >= 4 is 11.3 Å². The summed E-state index contributed by atoms with van der Waals surface area (Å²) in [5, 5.41) is 0. The van der Waals surface area contributed by atoms with Crippen molar-refractivity contribution in [1.29, 1.82) is 0 Å². The van der Waals surface area contributed by atoms with Crippen LogP contribution in [0.2, 0.25) is 0 Å². The fraction of sp³-hybridized carbons (Fsp3) is 0.167. The number of hydrogen-bond acceptors (Lipinski definition) is 3. The number of nitrogen functional groups attached to an aromatic ring is 1. The predicted molar refractivity (Wildman–Crippen MR) is 63.7 cm³/mol. The van der Waals surface area contributed by atoms with Crippen molar-refractivity contribution in [2.45, 2.75) is 12.1 Å². The monoisotopic (exact) mass is 201 g/mol. The van der Waals surface area contributed by atoms with Gasteiger partial charge in [0.15, 0.2) is 0 Å². The summed E-state index contributed by atoms with van der Waals surface area (Å²) in [5.74, 6) is 0. The average Bonchev–Trinajstić information content (AvgIpc) is 2.20. The van der Waals surface area contributed by atoms with E-state index in [1.165, 1.54) is 0 Å². The molecule has 15 heavy (non-hydrogen) atoms. The Kier molecular flexibility index (Phi) is 2.34. The van der Waals surface area contributed by atoms with Crippen molar-refractivity contribution in [1.82, 2.24) is 0 Å². The molecule has 0 fully saturated rings. The van der Waals surface area contributed by atoms with Gasteiger partial charge in [-0.25, -0.2) is 0 Å². The van der Waals surface area contributed by atoms with Crippen molar-refractivity contribution in [3.63, 3.8) is 0 Å². The average molecular weight is 201 g/mol. The molecule has 0 saturated heterocycles. The Morgan fingerprint density at radius 3 is 2.27 bits per heavy atom. The van der Waals surface area contributed by atoms with E-state index in [1.54, 1.807) is 0 Å². The lowest BCUT2D eigenvalue weighted by Crippen LogP contribution is -2.47.